The lowest BCUT2D eigenvalue weighted by Gasteiger charge is -2.08. The van der Waals surface area contributed by atoms with E-state index >= 15 is 0 Å². The van der Waals surface area contributed by atoms with Crippen molar-refractivity contribution >= 4 is 5.91 Å². The van der Waals surface area contributed by atoms with Gasteiger partial charge in [0.1, 0.15) is 0 Å². The van der Waals surface area contributed by atoms with Crippen LogP contribution in [-0.2, 0) is 4.79 Å². The number of rotatable bonds is 6. The van der Waals surface area contributed by atoms with E-state index in [1.54, 1.807) is 0 Å². The van der Waals surface area contributed by atoms with Crippen molar-refractivity contribution in [2.45, 2.75) is 33.1 Å². The molecule has 12 heavy (non-hydrogen) atoms. The fourth-order valence-electron chi connectivity index (χ4n) is 0.778. The maximum Gasteiger partial charge on any atom is 0.220 e. The van der Waals surface area contributed by atoms with Crippen molar-refractivity contribution in [2.75, 3.05) is 13.2 Å². The average Bonchev–Trinajstić information content (AvgIpc) is 2.10. The first-order valence-corrected chi connectivity index (χ1v) is 4.58. The topological polar surface area (TPSA) is 49.3 Å². The van der Waals surface area contributed by atoms with Crippen molar-refractivity contribution in [1.82, 2.24) is 5.32 Å². The molecule has 0 aliphatic rings. The van der Waals surface area contributed by atoms with E-state index in [9.17, 15) is 4.79 Å². The third-order valence-corrected chi connectivity index (χ3v) is 1.72. The first-order chi connectivity index (χ1) is 5.70. The zero-order chi connectivity index (χ0) is 9.40. The Hall–Kier alpha value is -0.570. The lowest BCUT2D eigenvalue weighted by Crippen LogP contribution is -2.29. The Labute approximate surface area is 74.2 Å². The normalized spacial score (nSPS) is 12.6. The van der Waals surface area contributed by atoms with E-state index in [1.165, 1.54) is 0 Å². The predicted molar refractivity (Wildman–Crippen MR) is 48.8 cm³/mol. The van der Waals surface area contributed by atoms with Crippen LogP contribution in [-0.4, -0.2) is 24.2 Å². The number of amides is 1. The van der Waals surface area contributed by atoms with Gasteiger partial charge in [-0.25, -0.2) is 0 Å². The van der Waals surface area contributed by atoms with Crippen molar-refractivity contribution in [3.05, 3.63) is 0 Å². The summed E-state index contributed by atoms with van der Waals surface area (Å²) in [6.45, 7) is 4.68. The zero-order valence-electron chi connectivity index (χ0n) is 7.97. The maximum atomic E-state index is 11.0. The Balaban J connectivity index is 3.31. The second-order valence-electron chi connectivity index (χ2n) is 3.20. The number of aliphatic hydroxyl groups is 1. The highest BCUT2D eigenvalue weighted by molar-refractivity contribution is 5.75. The van der Waals surface area contributed by atoms with Crippen LogP contribution < -0.4 is 5.32 Å². The van der Waals surface area contributed by atoms with E-state index in [1.807, 2.05) is 6.92 Å². The Morgan fingerprint density at radius 3 is 2.75 bits per heavy atom. The molecule has 1 amide bonds. The van der Waals surface area contributed by atoms with Crippen LogP contribution in [0.5, 0.6) is 0 Å². The molecule has 0 saturated heterocycles. The summed E-state index contributed by atoms with van der Waals surface area (Å²) in [7, 11) is 0. The molecule has 0 spiro atoms. The SMILES string of the molecule is CCCCC(=O)NCC(C)CO. The number of hydrogen-bond donors (Lipinski definition) is 2. The summed E-state index contributed by atoms with van der Waals surface area (Å²) in [5.74, 6) is 0.257. The van der Waals surface area contributed by atoms with Crippen molar-refractivity contribution in [3.63, 3.8) is 0 Å². The van der Waals surface area contributed by atoms with Gasteiger partial charge in [0.25, 0.3) is 0 Å². The number of carbonyl (C=O) groups is 1. The molecule has 1 unspecified atom stereocenters. The van der Waals surface area contributed by atoms with Crippen LogP contribution in [0.15, 0.2) is 0 Å². The molecule has 0 aromatic carbocycles. The maximum absolute atomic E-state index is 11.0. The Bertz CT molecular complexity index is 126. The molecule has 0 aromatic rings. The second kappa shape index (κ2) is 7.10. The first-order valence-electron chi connectivity index (χ1n) is 4.58. The highest BCUT2D eigenvalue weighted by Crippen LogP contribution is 1.94. The summed E-state index contributed by atoms with van der Waals surface area (Å²) in [4.78, 5) is 11.0. The Morgan fingerprint density at radius 2 is 2.25 bits per heavy atom. The summed E-state index contributed by atoms with van der Waals surface area (Å²) in [6, 6.07) is 0. The average molecular weight is 173 g/mol. The standard InChI is InChI=1S/C9H19NO2/c1-3-4-5-9(12)10-6-8(2)7-11/h8,11H,3-7H2,1-2H3,(H,10,12). The van der Waals surface area contributed by atoms with E-state index < -0.39 is 0 Å². The van der Waals surface area contributed by atoms with E-state index in [0.717, 1.165) is 12.8 Å². The zero-order valence-corrected chi connectivity index (χ0v) is 7.97. The van der Waals surface area contributed by atoms with Crippen LogP contribution in [0.1, 0.15) is 33.1 Å². The van der Waals surface area contributed by atoms with E-state index in [0.29, 0.717) is 13.0 Å². The quantitative estimate of drug-likeness (QED) is 0.627. The van der Waals surface area contributed by atoms with Crippen molar-refractivity contribution in [3.8, 4) is 0 Å². The number of aliphatic hydroxyl groups excluding tert-OH is 1. The largest absolute Gasteiger partial charge is 0.396 e. The van der Waals surface area contributed by atoms with Crippen molar-refractivity contribution < 1.29 is 9.90 Å². The minimum Gasteiger partial charge on any atom is -0.396 e. The fourth-order valence-corrected chi connectivity index (χ4v) is 0.778. The van der Waals surface area contributed by atoms with Gasteiger partial charge < -0.3 is 10.4 Å². The van der Waals surface area contributed by atoms with Gasteiger partial charge in [0.15, 0.2) is 0 Å². The van der Waals surface area contributed by atoms with Gasteiger partial charge in [0.2, 0.25) is 5.91 Å². The molecule has 72 valence electrons. The van der Waals surface area contributed by atoms with Crippen molar-refractivity contribution in [2.24, 2.45) is 5.92 Å². The van der Waals surface area contributed by atoms with Crippen LogP contribution in [0, 0.1) is 5.92 Å². The predicted octanol–water partition coefficient (Wildman–Crippen LogP) is 0.921. The minimum atomic E-state index is 0.0946. The number of nitrogens with one attached hydrogen (secondary N) is 1. The molecule has 0 bridgehead atoms. The van der Waals surface area contributed by atoms with Crippen LogP contribution in [0.25, 0.3) is 0 Å². The highest BCUT2D eigenvalue weighted by Gasteiger charge is 2.02. The van der Waals surface area contributed by atoms with Gasteiger partial charge in [-0.15, -0.1) is 0 Å². The summed E-state index contributed by atoms with van der Waals surface area (Å²) in [5.41, 5.74) is 0. The lowest BCUT2D eigenvalue weighted by molar-refractivity contribution is -0.121. The molecule has 1 atom stereocenters. The van der Waals surface area contributed by atoms with Crippen molar-refractivity contribution in [1.29, 1.82) is 0 Å². The highest BCUT2D eigenvalue weighted by atomic mass is 16.3. The molecule has 3 heteroatoms. The van der Waals surface area contributed by atoms with Crippen LogP contribution in [0.4, 0.5) is 0 Å². The molecule has 0 aromatic heterocycles. The monoisotopic (exact) mass is 173 g/mol. The molecule has 2 N–H and O–H groups in total. The Kier molecular flexibility index (Phi) is 6.76. The summed E-state index contributed by atoms with van der Waals surface area (Å²) in [6.07, 6.45) is 2.59. The summed E-state index contributed by atoms with van der Waals surface area (Å²) >= 11 is 0. The molecule has 0 aliphatic heterocycles. The summed E-state index contributed by atoms with van der Waals surface area (Å²) < 4.78 is 0. The van der Waals surface area contributed by atoms with Crippen LogP contribution in [0.3, 0.4) is 0 Å². The first kappa shape index (κ1) is 11.4. The second-order valence-corrected chi connectivity index (χ2v) is 3.20. The number of carbonyl (C=O) groups excluding carboxylic acids is 1. The molecule has 3 nitrogen and oxygen atoms in total. The smallest absolute Gasteiger partial charge is 0.220 e. The van der Waals surface area contributed by atoms with E-state index in [2.05, 4.69) is 12.2 Å². The number of unbranched alkanes of at least 4 members (excludes halogenated alkanes) is 1. The third kappa shape index (κ3) is 6.16. The van der Waals surface area contributed by atoms with Gasteiger partial charge >= 0.3 is 0 Å². The van der Waals surface area contributed by atoms with Gasteiger partial charge in [0, 0.05) is 19.6 Å². The molecule has 0 heterocycles. The molecular weight excluding hydrogens is 154 g/mol. The van der Waals surface area contributed by atoms with Gasteiger partial charge in [-0.1, -0.05) is 20.3 Å². The van der Waals surface area contributed by atoms with Crippen LogP contribution in [0.2, 0.25) is 0 Å². The molecular formula is C9H19NO2. The van der Waals surface area contributed by atoms with Gasteiger partial charge in [-0.3, -0.25) is 4.79 Å². The van der Waals surface area contributed by atoms with Gasteiger partial charge in [-0.2, -0.15) is 0 Å². The molecule has 0 fully saturated rings. The molecule has 0 rings (SSSR count). The van der Waals surface area contributed by atoms with Crippen LogP contribution >= 0.6 is 0 Å². The number of hydrogen-bond acceptors (Lipinski definition) is 2. The fraction of sp³-hybridized carbons (Fsp3) is 0.889. The van der Waals surface area contributed by atoms with E-state index in [4.69, 9.17) is 5.11 Å². The summed E-state index contributed by atoms with van der Waals surface area (Å²) in [5, 5.41) is 11.4. The van der Waals surface area contributed by atoms with Gasteiger partial charge in [-0.05, 0) is 12.3 Å². The lowest BCUT2D eigenvalue weighted by atomic mass is 10.2. The third-order valence-electron chi connectivity index (χ3n) is 1.72. The molecule has 0 radical (unpaired) electrons. The Morgan fingerprint density at radius 1 is 1.58 bits per heavy atom. The van der Waals surface area contributed by atoms with E-state index in [-0.39, 0.29) is 18.4 Å². The molecule has 0 aliphatic carbocycles. The minimum absolute atomic E-state index is 0.0946. The van der Waals surface area contributed by atoms with Gasteiger partial charge in [0.05, 0.1) is 0 Å². The molecule has 0 saturated carbocycles.